The average Bonchev–Trinajstić information content (AvgIpc) is 2.96. The number of carbonyl (C=O) groups is 2. The minimum atomic E-state index is -0.387. The Bertz CT molecular complexity index is 975. The first-order chi connectivity index (χ1) is 12.5. The van der Waals surface area contributed by atoms with Gasteiger partial charge in [-0.3, -0.25) is 9.59 Å². The van der Waals surface area contributed by atoms with Crippen LogP contribution in [0.5, 0.6) is 0 Å². The number of aromatic amines is 1. The Kier molecular flexibility index (Phi) is 5.47. The SMILES string of the molecule is Cc1ccc(C)c(SCC(=O)OCC(=O)c2c(C)[nH]c3ccccc23)c1. The van der Waals surface area contributed by atoms with Gasteiger partial charge in [0.2, 0.25) is 5.78 Å². The molecule has 0 fully saturated rings. The number of esters is 1. The van der Waals surface area contributed by atoms with Gasteiger partial charge in [-0.1, -0.05) is 35.9 Å². The van der Waals surface area contributed by atoms with Crippen molar-refractivity contribution in [1.82, 2.24) is 4.98 Å². The number of nitrogens with one attached hydrogen (secondary N) is 1. The fourth-order valence-corrected chi connectivity index (χ4v) is 3.82. The maximum Gasteiger partial charge on any atom is 0.316 e. The fourth-order valence-electron chi connectivity index (χ4n) is 2.90. The summed E-state index contributed by atoms with van der Waals surface area (Å²) in [6.45, 7) is 5.64. The van der Waals surface area contributed by atoms with E-state index in [-0.39, 0.29) is 24.1 Å². The van der Waals surface area contributed by atoms with Gasteiger partial charge in [-0.2, -0.15) is 0 Å². The van der Waals surface area contributed by atoms with Crippen LogP contribution in [-0.4, -0.2) is 29.1 Å². The number of ether oxygens (including phenoxy) is 1. The van der Waals surface area contributed by atoms with Gasteiger partial charge in [0.05, 0.1) is 5.75 Å². The number of rotatable bonds is 6. The Morgan fingerprint density at radius 1 is 1.08 bits per heavy atom. The molecule has 0 atom stereocenters. The second-order valence-electron chi connectivity index (χ2n) is 6.31. The summed E-state index contributed by atoms with van der Waals surface area (Å²) in [6.07, 6.45) is 0. The number of para-hydroxylation sites is 1. The summed E-state index contributed by atoms with van der Waals surface area (Å²) in [4.78, 5) is 28.8. The molecule has 26 heavy (non-hydrogen) atoms. The summed E-state index contributed by atoms with van der Waals surface area (Å²) < 4.78 is 5.20. The van der Waals surface area contributed by atoms with Crippen molar-refractivity contribution in [2.45, 2.75) is 25.7 Å². The fraction of sp³-hybridized carbons (Fsp3) is 0.238. The topological polar surface area (TPSA) is 59.2 Å². The van der Waals surface area contributed by atoms with E-state index in [1.165, 1.54) is 11.8 Å². The number of ketones is 1. The van der Waals surface area contributed by atoms with E-state index in [1.807, 2.05) is 63.2 Å². The average molecular weight is 367 g/mol. The highest BCUT2D eigenvalue weighted by molar-refractivity contribution is 8.00. The number of fused-ring (bicyclic) bond motifs is 1. The van der Waals surface area contributed by atoms with Crippen molar-refractivity contribution in [3.05, 3.63) is 64.8 Å². The monoisotopic (exact) mass is 367 g/mol. The molecular formula is C21H21NO3S. The van der Waals surface area contributed by atoms with Gasteiger partial charge in [-0.25, -0.2) is 0 Å². The molecule has 0 bridgehead atoms. The molecular weight excluding hydrogens is 346 g/mol. The van der Waals surface area contributed by atoms with E-state index in [9.17, 15) is 9.59 Å². The zero-order valence-electron chi connectivity index (χ0n) is 15.1. The maximum absolute atomic E-state index is 12.5. The maximum atomic E-state index is 12.5. The smallest absolute Gasteiger partial charge is 0.316 e. The van der Waals surface area contributed by atoms with Gasteiger partial charge in [-0.15, -0.1) is 11.8 Å². The number of Topliss-reactive ketones (excluding diaryl/α,β-unsaturated/α-hetero) is 1. The summed E-state index contributed by atoms with van der Waals surface area (Å²) in [5.41, 5.74) is 4.56. The highest BCUT2D eigenvalue weighted by Gasteiger charge is 2.17. The first-order valence-corrected chi connectivity index (χ1v) is 9.40. The molecule has 0 saturated heterocycles. The number of hydrogen-bond donors (Lipinski definition) is 1. The molecule has 5 heteroatoms. The molecule has 134 valence electrons. The lowest BCUT2D eigenvalue weighted by Gasteiger charge is -2.07. The number of aromatic nitrogens is 1. The molecule has 3 aromatic rings. The van der Waals surface area contributed by atoms with Crippen LogP contribution in [0, 0.1) is 20.8 Å². The molecule has 0 amide bonds. The van der Waals surface area contributed by atoms with Crippen LogP contribution in [0.1, 0.15) is 27.2 Å². The van der Waals surface area contributed by atoms with Crippen LogP contribution in [-0.2, 0) is 9.53 Å². The molecule has 3 rings (SSSR count). The quantitative estimate of drug-likeness (QED) is 0.393. The van der Waals surface area contributed by atoms with Crippen molar-refractivity contribution >= 4 is 34.4 Å². The van der Waals surface area contributed by atoms with E-state index in [0.717, 1.165) is 32.6 Å². The van der Waals surface area contributed by atoms with Crippen molar-refractivity contribution in [3.8, 4) is 0 Å². The van der Waals surface area contributed by atoms with Crippen LogP contribution in [0.3, 0.4) is 0 Å². The molecule has 1 heterocycles. The van der Waals surface area contributed by atoms with Gasteiger partial charge >= 0.3 is 5.97 Å². The highest BCUT2D eigenvalue weighted by Crippen LogP contribution is 2.24. The van der Waals surface area contributed by atoms with Gasteiger partial charge < -0.3 is 9.72 Å². The van der Waals surface area contributed by atoms with Crippen molar-refractivity contribution < 1.29 is 14.3 Å². The van der Waals surface area contributed by atoms with E-state index >= 15 is 0 Å². The van der Waals surface area contributed by atoms with E-state index in [1.54, 1.807) is 0 Å². The zero-order chi connectivity index (χ0) is 18.7. The lowest BCUT2D eigenvalue weighted by molar-refractivity contribution is -0.139. The predicted molar refractivity (Wildman–Crippen MR) is 105 cm³/mol. The first kappa shape index (κ1) is 18.3. The van der Waals surface area contributed by atoms with Crippen molar-refractivity contribution in [1.29, 1.82) is 0 Å². The highest BCUT2D eigenvalue weighted by atomic mass is 32.2. The molecule has 0 unspecified atom stereocenters. The number of thioether (sulfide) groups is 1. The standard InChI is InChI=1S/C21H21NO3S/c1-13-8-9-14(2)19(10-13)26-12-20(24)25-11-18(23)21-15(3)22-17-7-5-4-6-16(17)21/h4-10,22H,11-12H2,1-3H3. The largest absolute Gasteiger partial charge is 0.457 e. The lowest BCUT2D eigenvalue weighted by Crippen LogP contribution is -2.16. The molecule has 4 nitrogen and oxygen atoms in total. The summed E-state index contributed by atoms with van der Waals surface area (Å²) in [5.74, 6) is -0.392. The molecule has 0 aliphatic carbocycles. The van der Waals surface area contributed by atoms with Gasteiger partial charge in [-0.05, 0) is 38.5 Å². The van der Waals surface area contributed by atoms with Crippen LogP contribution < -0.4 is 0 Å². The van der Waals surface area contributed by atoms with Crippen molar-refractivity contribution in [2.24, 2.45) is 0 Å². The Hall–Kier alpha value is -2.53. The van der Waals surface area contributed by atoms with Gasteiger partial charge in [0.15, 0.2) is 6.61 Å². The second-order valence-corrected chi connectivity index (χ2v) is 7.33. The molecule has 0 radical (unpaired) electrons. The van der Waals surface area contributed by atoms with Crippen molar-refractivity contribution in [3.63, 3.8) is 0 Å². The van der Waals surface area contributed by atoms with E-state index in [2.05, 4.69) is 4.98 Å². The second kappa shape index (κ2) is 7.79. The Morgan fingerprint density at radius 2 is 1.85 bits per heavy atom. The van der Waals surface area contributed by atoms with Crippen LogP contribution in [0.25, 0.3) is 10.9 Å². The third kappa shape index (κ3) is 3.99. The minimum absolute atomic E-state index is 0.185. The summed E-state index contributed by atoms with van der Waals surface area (Å²) in [6, 6.07) is 13.7. The third-order valence-electron chi connectivity index (χ3n) is 4.23. The predicted octanol–water partition coefficient (Wildman–Crippen LogP) is 4.61. The number of hydrogen-bond acceptors (Lipinski definition) is 4. The first-order valence-electron chi connectivity index (χ1n) is 8.42. The Labute approximate surface area is 156 Å². The molecule has 1 aromatic heterocycles. The Balaban J connectivity index is 1.59. The van der Waals surface area contributed by atoms with Crippen LogP contribution in [0.15, 0.2) is 47.4 Å². The molecule has 0 saturated carbocycles. The number of H-pyrrole nitrogens is 1. The van der Waals surface area contributed by atoms with Gasteiger partial charge in [0, 0.05) is 27.1 Å². The number of carbonyl (C=O) groups excluding carboxylic acids is 2. The summed E-state index contributed by atoms with van der Waals surface area (Å²) in [5, 5.41) is 0.857. The minimum Gasteiger partial charge on any atom is -0.457 e. The van der Waals surface area contributed by atoms with Gasteiger partial charge in [0.1, 0.15) is 0 Å². The molecule has 0 aliphatic heterocycles. The molecule has 0 spiro atoms. The van der Waals surface area contributed by atoms with Crippen LogP contribution >= 0.6 is 11.8 Å². The number of aryl methyl sites for hydroxylation is 3. The van der Waals surface area contributed by atoms with Crippen molar-refractivity contribution in [2.75, 3.05) is 12.4 Å². The number of benzene rings is 2. The zero-order valence-corrected chi connectivity index (χ0v) is 15.9. The van der Waals surface area contributed by atoms with E-state index < -0.39 is 0 Å². The lowest BCUT2D eigenvalue weighted by atomic mass is 10.1. The van der Waals surface area contributed by atoms with E-state index in [0.29, 0.717) is 5.56 Å². The molecule has 0 aliphatic rings. The Morgan fingerprint density at radius 3 is 2.65 bits per heavy atom. The van der Waals surface area contributed by atoms with Gasteiger partial charge in [0.25, 0.3) is 0 Å². The summed E-state index contributed by atoms with van der Waals surface area (Å²) in [7, 11) is 0. The van der Waals surface area contributed by atoms with Crippen LogP contribution in [0.2, 0.25) is 0 Å². The summed E-state index contributed by atoms with van der Waals surface area (Å²) >= 11 is 1.43. The third-order valence-corrected chi connectivity index (χ3v) is 5.36. The normalized spacial score (nSPS) is 10.9. The molecule has 1 N–H and O–H groups in total. The van der Waals surface area contributed by atoms with E-state index in [4.69, 9.17) is 4.74 Å². The molecule has 2 aromatic carbocycles. The van der Waals surface area contributed by atoms with Crippen LogP contribution in [0.4, 0.5) is 0 Å².